The predicted octanol–water partition coefficient (Wildman–Crippen LogP) is 1.49. The quantitative estimate of drug-likeness (QED) is 0.768. The third-order valence-corrected chi connectivity index (χ3v) is 4.38. The molecule has 3 heteroatoms. The van der Waals surface area contributed by atoms with Crippen LogP contribution in [0.5, 0.6) is 0 Å². The molecule has 1 saturated carbocycles. The molecular formula is C13H26N2O. The van der Waals surface area contributed by atoms with E-state index >= 15 is 0 Å². The van der Waals surface area contributed by atoms with E-state index < -0.39 is 0 Å². The first kappa shape index (κ1) is 12.3. The van der Waals surface area contributed by atoms with Crippen molar-refractivity contribution in [3.63, 3.8) is 0 Å². The highest BCUT2D eigenvalue weighted by atomic mass is 16.5. The molecule has 94 valence electrons. The molecule has 0 amide bonds. The molecule has 0 aromatic rings. The molecule has 3 nitrogen and oxygen atoms in total. The van der Waals surface area contributed by atoms with Gasteiger partial charge in [-0.2, -0.15) is 0 Å². The molecule has 2 aliphatic rings. The van der Waals surface area contributed by atoms with Gasteiger partial charge in [0.25, 0.3) is 0 Å². The van der Waals surface area contributed by atoms with Gasteiger partial charge in [0.2, 0.25) is 0 Å². The minimum absolute atomic E-state index is 0.396. The molecule has 0 spiro atoms. The molecule has 2 rings (SSSR count). The van der Waals surface area contributed by atoms with Gasteiger partial charge < -0.3 is 15.0 Å². The summed E-state index contributed by atoms with van der Waals surface area (Å²) in [6, 6.07) is 0. The van der Waals surface area contributed by atoms with Crippen LogP contribution < -0.4 is 5.32 Å². The van der Waals surface area contributed by atoms with E-state index in [1.165, 1.54) is 32.2 Å². The number of nitrogens with one attached hydrogen (secondary N) is 1. The minimum Gasteiger partial charge on any atom is -0.374 e. The Labute approximate surface area is 99.5 Å². The fourth-order valence-corrected chi connectivity index (χ4v) is 2.82. The molecule has 0 aromatic heterocycles. The van der Waals surface area contributed by atoms with Crippen LogP contribution in [0.25, 0.3) is 0 Å². The summed E-state index contributed by atoms with van der Waals surface area (Å²) < 4.78 is 5.74. The van der Waals surface area contributed by atoms with E-state index in [-0.39, 0.29) is 0 Å². The van der Waals surface area contributed by atoms with Crippen molar-refractivity contribution in [1.29, 1.82) is 0 Å². The molecule has 1 atom stereocenters. The lowest BCUT2D eigenvalue weighted by molar-refractivity contribution is -0.0204. The second kappa shape index (κ2) is 5.48. The highest BCUT2D eigenvalue weighted by Gasteiger charge is 2.34. The summed E-state index contributed by atoms with van der Waals surface area (Å²) >= 11 is 0. The zero-order valence-electron chi connectivity index (χ0n) is 10.8. The highest BCUT2D eigenvalue weighted by molar-refractivity contribution is 4.88. The molecule has 0 bridgehead atoms. The van der Waals surface area contributed by atoms with Crippen LogP contribution in [0, 0.1) is 5.41 Å². The monoisotopic (exact) mass is 226 g/mol. The van der Waals surface area contributed by atoms with Crippen LogP contribution in [0.2, 0.25) is 0 Å². The third-order valence-electron chi connectivity index (χ3n) is 4.38. The second-order valence-corrected chi connectivity index (χ2v) is 5.59. The fourth-order valence-electron chi connectivity index (χ4n) is 2.82. The molecule has 1 unspecified atom stereocenters. The first-order valence-corrected chi connectivity index (χ1v) is 6.75. The minimum atomic E-state index is 0.396. The normalized spacial score (nSPS) is 30.0. The Morgan fingerprint density at radius 3 is 2.81 bits per heavy atom. The lowest BCUT2D eigenvalue weighted by Crippen LogP contribution is -2.47. The third kappa shape index (κ3) is 2.96. The van der Waals surface area contributed by atoms with Gasteiger partial charge in [0.15, 0.2) is 0 Å². The van der Waals surface area contributed by atoms with E-state index in [0.717, 1.165) is 26.2 Å². The fraction of sp³-hybridized carbons (Fsp3) is 1.00. The molecule has 2 fully saturated rings. The number of rotatable bonds is 5. The van der Waals surface area contributed by atoms with Gasteiger partial charge in [0, 0.05) is 26.2 Å². The van der Waals surface area contributed by atoms with Crippen LogP contribution in [-0.4, -0.2) is 50.8 Å². The smallest absolute Gasteiger partial charge is 0.0826 e. The lowest BCUT2D eigenvalue weighted by Gasteiger charge is -2.42. The largest absolute Gasteiger partial charge is 0.374 e. The van der Waals surface area contributed by atoms with Gasteiger partial charge in [-0.05, 0) is 31.7 Å². The molecule has 0 radical (unpaired) electrons. The standard InChI is InChI=1S/C13H26N2O/c1-3-13(5-4-6-13)11-14-9-12-10-15(2)7-8-16-12/h12,14H,3-11H2,1-2H3. The molecule has 1 N–H and O–H groups in total. The molecule has 0 aromatic carbocycles. The number of hydrogen-bond acceptors (Lipinski definition) is 3. The van der Waals surface area contributed by atoms with Crippen LogP contribution in [0.3, 0.4) is 0 Å². The van der Waals surface area contributed by atoms with Crippen molar-refractivity contribution in [1.82, 2.24) is 10.2 Å². The maximum atomic E-state index is 5.74. The lowest BCUT2D eigenvalue weighted by atomic mass is 9.67. The topological polar surface area (TPSA) is 24.5 Å². The number of hydrogen-bond donors (Lipinski definition) is 1. The van der Waals surface area contributed by atoms with E-state index in [9.17, 15) is 0 Å². The summed E-state index contributed by atoms with van der Waals surface area (Å²) in [7, 11) is 2.18. The number of morpholine rings is 1. The number of likely N-dealkylation sites (N-methyl/N-ethyl adjacent to an activating group) is 1. The van der Waals surface area contributed by atoms with Crippen molar-refractivity contribution in [3.8, 4) is 0 Å². The summed E-state index contributed by atoms with van der Waals surface area (Å²) in [5.41, 5.74) is 0.626. The van der Waals surface area contributed by atoms with Crippen molar-refractivity contribution in [3.05, 3.63) is 0 Å². The molecule has 1 aliphatic carbocycles. The Bertz CT molecular complexity index is 210. The van der Waals surface area contributed by atoms with Gasteiger partial charge in [-0.25, -0.2) is 0 Å². The van der Waals surface area contributed by atoms with Crippen molar-refractivity contribution >= 4 is 0 Å². The van der Waals surface area contributed by atoms with Gasteiger partial charge in [0.1, 0.15) is 0 Å². The van der Waals surface area contributed by atoms with Crippen LogP contribution in [0.1, 0.15) is 32.6 Å². The van der Waals surface area contributed by atoms with Crippen LogP contribution in [0.15, 0.2) is 0 Å². The summed E-state index contributed by atoms with van der Waals surface area (Å²) in [4.78, 5) is 2.36. The Kier molecular flexibility index (Phi) is 4.22. The Balaban J connectivity index is 1.63. The molecule has 1 saturated heterocycles. The van der Waals surface area contributed by atoms with Crippen molar-refractivity contribution in [2.24, 2.45) is 5.41 Å². The van der Waals surface area contributed by atoms with Crippen molar-refractivity contribution in [2.45, 2.75) is 38.7 Å². The Hall–Kier alpha value is -0.120. The van der Waals surface area contributed by atoms with E-state index in [4.69, 9.17) is 4.74 Å². The second-order valence-electron chi connectivity index (χ2n) is 5.59. The van der Waals surface area contributed by atoms with Gasteiger partial charge in [-0.15, -0.1) is 0 Å². The van der Waals surface area contributed by atoms with E-state index in [0.29, 0.717) is 11.5 Å². The maximum absolute atomic E-state index is 5.74. The predicted molar refractivity (Wildman–Crippen MR) is 66.7 cm³/mol. The van der Waals surface area contributed by atoms with Crippen LogP contribution >= 0.6 is 0 Å². The summed E-state index contributed by atoms with van der Waals surface area (Å²) in [5, 5.41) is 3.62. The number of nitrogens with zero attached hydrogens (tertiary/aromatic N) is 1. The van der Waals surface area contributed by atoms with E-state index in [1.54, 1.807) is 0 Å². The first-order chi connectivity index (χ1) is 7.74. The van der Waals surface area contributed by atoms with Crippen molar-refractivity contribution in [2.75, 3.05) is 39.8 Å². The summed E-state index contributed by atoms with van der Waals surface area (Å²) in [6.07, 6.45) is 5.99. The average molecular weight is 226 g/mol. The zero-order valence-corrected chi connectivity index (χ0v) is 10.8. The van der Waals surface area contributed by atoms with Gasteiger partial charge in [-0.3, -0.25) is 0 Å². The van der Waals surface area contributed by atoms with Crippen LogP contribution in [-0.2, 0) is 4.74 Å². The summed E-state index contributed by atoms with van der Waals surface area (Å²) in [5.74, 6) is 0. The van der Waals surface area contributed by atoms with Gasteiger partial charge in [-0.1, -0.05) is 13.3 Å². The maximum Gasteiger partial charge on any atom is 0.0826 e. The van der Waals surface area contributed by atoms with E-state index in [1.807, 2.05) is 0 Å². The van der Waals surface area contributed by atoms with Crippen molar-refractivity contribution < 1.29 is 4.74 Å². The van der Waals surface area contributed by atoms with E-state index in [2.05, 4.69) is 24.2 Å². The average Bonchev–Trinajstić information content (AvgIpc) is 2.22. The Morgan fingerprint density at radius 2 is 2.25 bits per heavy atom. The molecule has 16 heavy (non-hydrogen) atoms. The van der Waals surface area contributed by atoms with Crippen LogP contribution in [0.4, 0.5) is 0 Å². The molecule has 1 aliphatic heterocycles. The SMILES string of the molecule is CCC1(CNCC2CN(C)CCO2)CCC1. The summed E-state index contributed by atoms with van der Waals surface area (Å²) in [6.45, 7) is 7.58. The first-order valence-electron chi connectivity index (χ1n) is 6.75. The number of ether oxygens (including phenoxy) is 1. The van der Waals surface area contributed by atoms with Gasteiger partial charge >= 0.3 is 0 Å². The molecular weight excluding hydrogens is 200 g/mol. The van der Waals surface area contributed by atoms with Gasteiger partial charge in [0.05, 0.1) is 12.7 Å². The zero-order chi connectivity index (χ0) is 11.4. The Morgan fingerprint density at radius 1 is 1.44 bits per heavy atom. The molecule has 1 heterocycles. The highest BCUT2D eigenvalue weighted by Crippen LogP contribution is 2.42.